The first-order chi connectivity index (χ1) is 13.0. The van der Waals surface area contributed by atoms with Crippen LogP contribution in [-0.4, -0.2) is 40.4 Å². The van der Waals surface area contributed by atoms with Crippen LogP contribution in [0.3, 0.4) is 0 Å². The highest BCUT2D eigenvalue weighted by molar-refractivity contribution is 8.00. The van der Waals surface area contributed by atoms with E-state index in [0.717, 1.165) is 12.8 Å². The van der Waals surface area contributed by atoms with E-state index in [9.17, 15) is 9.59 Å². The van der Waals surface area contributed by atoms with E-state index < -0.39 is 6.04 Å². The highest BCUT2D eigenvalue weighted by Crippen LogP contribution is 2.41. The normalized spacial score (nSPS) is 23.6. The van der Waals surface area contributed by atoms with Gasteiger partial charge in [-0.2, -0.15) is 0 Å². The van der Waals surface area contributed by atoms with Gasteiger partial charge in [-0.3, -0.25) is 9.59 Å². The van der Waals surface area contributed by atoms with Gasteiger partial charge in [0.25, 0.3) is 5.91 Å². The number of carbonyl (C=O) groups excluding carboxylic acids is 2. The molecule has 0 aromatic heterocycles. The van der Waals surface area contributed by atoms with Gasteiger partial charge in [-0.15, -0.1) is 11.8 Å². The average Bonchev–Trinajstić information content (AvgIpc) is 3.12. The van der Waals surface area contributed by atoms with Crippen molar-refractivity contribution in [3.63, 3.8) is 0 Å². The van der Waals surface area contributed by atoms with Crippen LogP contribution in [0.5, 0.6) is 0 Å². The van der Waals surface area contributed by atoms with Crippen molar-refractivity contribution >= 4 is 35.2 Å². The van der Waals surface area contributed by atoms with Gasteiger partial charge in [0.15, 0.2) is 0 Å². The number of hydrogen-bond donors (Lipinski definition) is 1. The summed E-state index contributed by atoms with van der Waals surface area (Å²) in [6.07, 6.45) is 5.94. The van der Waals surface area contributed by atoms with Gasteiger partial charge in [-0.1, -0.05) is 56.8 Å². The summed E-state index contributed by atoms with van der Waals surface area (Å²) >= 11 is 8.06. The number of halogens is 1. The van der Waals surface area contributed by atoms with Crippen LogP contribution in [0.4, 0.5) is 0 Å². The third-order valence-electron chi connectivity index (χ3n) is 5.41. The highest BCUT2D eigenvalue weighted by Gasteiger charge is 2.45. The SMILES string of the molecule is CC(C)CNC(=O)[C@H]1CS[C@H](C2CCCCC2)N1C(=O)c1ccccc1Cl. The van der Waals surface area contributed by atoms with E-state index in [1.165, 1.54) is 19.3 Å². The molecule has 0 radical (unpaired) electrons. The standard InChI is InChI=1S/C21H29ClN2O2S/c1-14(2)12-23-19(25)18-13-27-21(15-8-4-3-5-9-15)24(18)20(26)16-10-6-7-11-17(16)22/h6-7,10-11,14-15,18,21H,3-5,8-9,12-13H2,1-2H3,(H,23,25)/t18-,21-/m1/s1. The Balaban J connectivity index is 1.85. The largest absolute Gasteiger partial charge is 0.354 e. The van der Waals surface area contributed by atoms with Crippen LogP contribution in [0.25, 0.3) is 0 Å². The van der Waals surface area contributed by atoms with Crippen LogP contribution in [-0.2, 0) is 4.79 Å². The highest BCUT2D eigenvalue weighted by atomic mass is 35.5. The van der Waals surface area contributed by atoms with Crippen LogP contribution in [0, 0.1) is 11.8 Å². The topological polar surface area (TPSA) is 49.4 Å². The summed E-state index contributed by atoms with van der Waals surface area (Å²) in [4.78, 5) is 28.1. The zero-order valence-corrected chi connectivity index (χ0v) is 17.7. The summed E-state index contributed by atoms with van der Waals surface area (Å²) in [5.74, 6) is 1.32. The fourth-order valence-corrected chi connectivity index (χ4v) is 5.82. The van der Waals surface area contributed by atoms with Crippen LogP contribution in [0.15, 0.2) is 24.3 Å². The van der Waals surface area contributed by atoms with Gasteiger partial charge in [0.1, 0.15) is 6.04 Å². The second-order valence-corrected chi connectivity index (χ2v) is 9.53. The lowest BCUT2D eigenvalue weighted by atomic mass is 9.88. The van der Waals surface area contributed by atoms with E-state index in [0.29, 0.717) is 34.7 Å². The lowest BCUT2D eigenvalue weighted by molar-refractivity contribution is -0.125. The van der Waals surface area contributed by atoms with E-state index in [1.807, 2.05) is 17.0 Å². The molecular formula is C21H29ClN2O2S. The van der Waals surface area contributed by atoms with E-state index >= 15 is 0 Å². The fourth-order valence-electron chi connectivity index (χ4n) is 3.97. The first kappa shape index (κ1) is 20.5. The van der Waals surface area contributed by atoms with E-state index in [1.54, 1.807) is 23.9 Å². The minimum absolute atomic E-state index is 0.0464. The summed E-state index contributed by atoms with van der Waals surface area (Å²) in [7, 11) is 0. The maximum Gasteiger partial charge on any atom is 0.256 e. The van der Waals surface area contributed by atoms with Crippen molar-refractivity contribution < 1.29 is 9.59 Å². The summed E-state index contributed by atoms with van der Waals surface area (Å²) in [6, 6.07) is 6.72. The molecule has 3 rings (SSSR count). The molecule has 1 saturated carbocycles. The number of carbonyl (C=O) groups is 2. The van der Waals surface area contributed by atoms with Crippen molar-refractivity contribution in [1.29, 1.82) is 0 Å². The van der Waals surface area contributed by atoms with Crippen molar-refractivity contribution in [3.8, 4) is 0 Å². The molecule has 0 bridgehead atoms. The molecule has 1 N–H and O–H groups in total. The molecule has 1 aliphatic carbocycles. The molecule has 1 aliphatic heterocycles. The third-order valence-corrected chi connectivity index (χ3v) is 7.21. The molecule has 1 aromatic carbocycles. The minimum atomic E-state index is -0.426. The monoisotopic (exact) mass is 408 g/mol. The smallest absolute Gasteiger partial charge is 0.256 e. The number of nitrogens with one attached hydrogen (secondary N) is 1. The van der Waals surface area contributed by atoms with E-state index in [4.69, 9.17) is 11.6 Å². The molecule has 2 aliphatic rings. The van der Waals surface area contributed by atoms with Crippen molar-refractivity contribution in [1.82, 2.24) is 10.2 Å². The van der Waals surface area contributed by atoms with E-state index in [-0.39, 0.29) is 17.2 Å². The molecule has 2 atom stereocenters. The number of nitrogens with zero attached hydrogens (tertiary/aromatic N) is 1. The molecule has 27 heavy (non-hydrogen) atoms. The first-order valence-corrected chi connectivity index (χ1v) is 11.4. The van der Waals surface area contributed by atoms with Crippen LogP contribution < -0.4 is 5.32 Å². The predicted molar refractivity (Wildman–Crippen MR) is 112 cm³/mol. The molecular weight excluding hydrogens is 380 g/mol. The van der Waals surface area contributed by atoms with Crippen molar-refractivity contribution in [3.05, 3.63) is 34.9 Å². The van der Waals surface area contributed by atoms with Gasteiger partial charge >= 0.3 is 0 Å². The molecule has 0 unspecified atom stereocenters. The maximum absolute atomic E-state index is 13.4. The van der Waals surface area contributed by atoms with Crippen molar-refractivity contribution in [2.24, 2.45) is 11.8 Å². The zero-order chi connectivity index (χ0) is 19.4. The van der Waals surface area contributed by atoms with Gasteiger partial charge in [0, 0.05) is 12.3 Å². The Kier molecular flexibility index (Phi) is 7.10. The molecule has 1 heterocycles. The van der Waals surface area contributed by atoms with Gasteiger partial charge in [-0.05, 0) is 36.8 Å². The Labute approximate surface area is 171 Å². The number of benzene rings is 1. The van der Waals surface area contributed by atoms with Gasteiger partial charge in [0.05, 0.1) is 16.0 Å². The van der Waals surface area contributed by atoms with Crippen LogP contribution >= 0.6 is 23.4 Å². The Morgan fingerprint density at radius 2 is 1.93 bits per heavy atom. The quantitative estimate of drug-likeness (QED) is 0.775. The Hall–Kier alpha value is -1.20. The summed E-state index contributed by atoms with van der Waals surface area (Å²) in [5.41, 5.74) is 0.490. The average molecular weight is 409 g/mol. The number of thioether (sulfide) groups is 1. The molecule has 2 amide bonds. The number of hydrogen-bond acceptors (Lipinski definition) is 3. The number of amides is 2. The maximum atomic E-state index is 13.4. The van der Waals surface area contributed by atoms with Crippen LogP contribution in [0.2, 0.25) is 5.02 Å². The van der Waals surface area contributed by atoms with Crippen molar-refractivity contribution in [2.75, 3.05) is 12.3 Å². The van der Waals surface area contributed by atoms with Gasteiger partial charge in [-0.25, -0.2) is 0 Å². The molecule has 1 aromatic rings. The second-order valence-electron chi connectivity index (χ2n) is 7.97. The first-order valence-electron chi connectivity index (χ1n) is 9.95. The Bertz CT molecular complexity index is 676. The molecule has 6 heteroatoms. The molecule has 1 saturated heterocycles. The molecule has 2 fully saturated rings. The number of rotatable bonds is 5. The lowest BCUT2D eigenvalue weighted by Gasteiger charge is -2.35. The molecule has 0 spiro atoms. The second kappa shape index (κ2) is 9.33. The van der Waals surface area contributed by atoms with E-state index in [2.05, 4.69) is 19.2 Å². The van der Waals surface area contributed by atoms with Gasteiger partial charge < -0.3 is 10.2 Å². The Morgan fingerprint density at radius 3 is 2.59 bits per heavy atom. The van der Waals surface area contributed by atoms with Crippen molar-refractivity contribution in [2.45, 2.75) is 57.4 Å². The zero-order valence-electron chi connectivity index (χ0n) is 16.1. The predicted octanol–water partition coefficient (Wildman–Crippen LogP) is 4.58. The fraction of sp³-hybridized carbons (Fsp3) is 0.619. The molecule has 4 nitrogen and oxygen atoms in total. The molecule has 148 valence electrons. The lowest BCUT2D eigenvalue weighted by Crippen LogP contribution is -2.52. The third kappa shape index (κ3) is 4.80. The summed E-state index contributed by atoms with van der Waals surface area (Å²) in [6.45, 7) is 4.77. The van der Waals surface area contributed by atoms with Crippen LogP contribution in [0.1, 0.15) is 56.3 Å². The Morgan fingerprint density at radius 1 is 1.22 bits per heavy atom. The minimum Gasteiger partial charge on any atom is -0.354 e. The summed E-state index contributed by atoms with van der Waals surface area (Å²) in [5, 5.41) is 3.53. The van der Waals surface area contributed by atoms with Gasteiger partial charge in [0.2, 0.25) is 5.91 Å². The summed E-state index contributed by atoms with van der Waals surface area (Å²) < 4.78 is 0.